The topological polar surface area (TPSA) is 18.5 Å². The quantitative estimate of drug-likeness (QED) is 0.654. The molecule has 1 aliphatic rings. The third-order valence-electron chi connectivity index (χ3n) is 4.58. The SMILES string of the molecule is CNCCCC(C)N(C)CC1(N(C)C)CCC1. The van der Waals surface area contributed by atoms with Crippen molar-refractivity contribution in [1.82, 2.24) is 15.1 Å². The second kappa shape index (κ2) is 6.72. The maximum atomic E-state index is 3.22. The van der Waals surface area contributed by atoms with E-state index in [1.165, 1.54) is 38.6 Å². The Morgan fingerprint density at radius 3 is 2.29 bits per heavy atom. The highest BCUT2D eigenvalue weighted by atomic mass is 15.2. The van der Waals surface area contributed by atoms with E-state index in [9.17, 15) is 0 Å². The maximum Gasteiger partial charge on any atom is 0.0330 e. The van der Waals surface area contributed by atoms with Crippen LogP contribution in [0, 0.1) is 0 Å². The molecule has 0 aromatic heterocycles. The highest BCUT2D eigenvalue weighted by Gasteiger charge is 2.40. The summed E-state index contributed by atoms with van der Waals surface area (Å²) < 4.78 is 0. The molecule has 0 amide bonds. The third kappa shape index (κ3) is 3.94. The zero-order valence-electron chi connectivity index (χ0n) is 12.4. The van der Waals surface area contributed by atoms with Gasteiger partial charge in [-0.1, -0.05) is 0 Å². The van der Waals surface area contributed by atoms with Crippen LogP contribution in [-0.4, -0.2) is 62.7 Å². The van der Waals surface area contributed by atoms with Crippen molar-refractivity contribution in [3.8, 4) is 0 Å². The molecule has 0 aromatic rings. The first-order valence-corrected chi connectivity index (χ1v) is 7.04. The van der Waals surface area contributed by atoms with E-state index in [0.29, 0.717) is 11.6 Å². The van der Waals surface area contributed by atoms with E-state index < -0.39 is 0 Å². The molecule has 0 aromatic carbocycles. The molecule has 0 aliphatic heterocycles. The smallest absolute Gasteiger partial charge is 0.0330 e. The summed E-state index contributed by atoms with van der Waals surface area (Å²) in [5.41, 5.74) is 0.464. The van der Waals surface area contributed by atoms with Crippen LogP contribution in [0.25, 0.3) is 0 Å². The van der Waals surface area contributed by atoms with E-state index in [2.05, 4.69) is 43.2 Å². The van der Waals surface area contributed by atoms with Crippen LogP contribution < -0.4 is 5.32 Å². The zero-order valence-corrected chi connectivity index (χ0v) is 12.4. The summed E-state index contributed by atoms with van der Waals surface area (Å²) in [6.07, 6.45) is 6.71. The van der Waals surface area contributed by atoms with Crippen LogP contribution in [0.5, 0.6) is 0 Å². The Bertz CT molecular complexity index is 212. The van der Waals surface area contributed by atoms with Gasteiger partial charge in [-0.05, 0) is 73.8 Å². The lowest BCUT2D eigenvalue weighted by Gasteiger charge is -2.50. The summed E-state index contributed by atoms with van der Waals surface area (Å²) in [7, 11) is 8.79. The van der Waals surface area contributed by atoms with E-state index in [4.69, 9.17) is 0 Å². The average Bonchev–Trinajstić information content (AvgIpc) is 2.22. The van der Waals surface area contributed by atoms with Crippen molar-refractivity contribution >= 4 is 0 Å². The second-order valence-electron chi connectivity index (χ2n) is 5.98. The summed E-state index contributed by atoms with van der Waals surface area (Å²) in [4.78, 5) is 4.99. The Morgan fingerprint density at radius 1 is 1.24 bits per heavy atom. The van der Waals surface area contributed by atoms with E-state index in [-0.39, 0.29) is 0 Å². The first-order valence-electron chi connectivity index (χ1n) is 7.04. The van der Waals surface area contributed by atoms with Crippen LogP contribution in [0.3, 0.4) is 0 Å². The number of hydrogen-bond donors (Lipinski definition) is 1. The molecule has 3 heteroatoms. The minimum atomic E-state index is 0.464. The van der Waals surface area contributed by atoms with Gasteiger partial charge in [0.1, 0.15) is 0 Å². The Hall–Kier alpha value is -0.120. The van der Waals surface area contributed by atoms with Crippen molar-refractivity contribution < 1.29 is 0 Å². The Labute approximate surface area is 108 Å². The highest BCUT2D eigenvalue weighted by molar-refractivity contribution is 4.98. The molecule has 1 rings (SSSR count). The summed E-state index contributed by atoms with van der Waals surface area (Å²) >= 11 is 0. The van der Waals surface area contributed by atoms with Crippen molar-refractivity contribution in [2.45, 2.75) is 50.6 Å². The molecule has 0 heterocycles. The minimum absolute atomic E-state index is 0.464. The lowest BCUT2D eigenvalue weighted by molar-refractivity contribution is 0.0170. The van der Waals surface area contributed by atoms with Crippen molar-refractivity contribution in [2.24, 2.45) is 0 Å². The van der Waals surface area contributed by atoms with Gasteiger partial charge in [0.15, 0.2) is 0 Å². The van der Waals surface area contributed by atoms with Gasteiger partial charge in [0.05, 0.1) is 0 Å². The highest BCUT2D eigenvalue weighted by Crippen LogP contribution is 2.37. The number of nitrogens with zero attached hydrogens (tertiary/aromatic N) is 2. The van der Waals surface area contributed by atoms with Gasteiger partial charge in [-0.15, -0.1) is 0 Å². The van der Waals surface area contributed by atoms with E-state index >= 15 is 0 Å². The van der Waals surface area contributed by atoms with E-state index in [1.807, 2.05) is 7.05 Å². The van der Waals surface area contributed by atoms with Crippen LogP contribution in [0.2, 0.25) is 0 Å². The first kappa shape index (κ1) is 14.9. The average molecular weight is 241 g/mol. The molecule has 1 N–H and O–H groups in total. The molecule has 17 heavy (non-hydrogen) atoms. The molecule has 0 bridgehead atoms. The largest absolute Gasteiger partial charge is 0.320 e. The molecule has 0 saturated heterocycles. The maximum absolute atomic E-state index is 3.22. The number of hydrogen-bond acceptors (Lipinski definition) is 3. The molecule has 102 valence electrons. The minimum Gasteiger partial charge on any atom is -0.320 e. The van der Waals surface area contributed by atoms with Crippen molar-refractivity contribution in [3.63, 3.8) is 0 Å². The van der Waals surface area contributed by atoms with Crippen molar-refractivity contribution in [1.29, 1.82) is 0 Å². The fourth-order valence-electron chi connectivity index (χ4n) is 2.75. The van der Waals surface area contributed by atoms with E-state index in [1.54, 1.807) is 0 Å². The molecule has 1 fully saturated rings. The molecule has 1 saturated carbocycles. The van der Waals surface area contributed by atoms with Gasteiger partial charge in [-0.25, -0.2) is 0 Å². The summed E-state index contributed by atoms with van der Waals surface area (Å²) in [6.45, 7) is 4.72. The fourth-order valence-corrected chi connectivity index (χ4v) is 2.75. The van der Waals surface area contributed by atoms with Gasteiger partial charge < -0.3 is 15.1 Å². The summed E-state index contributed by atoms with van der Waals surface area (Å²) in [5, 5.41) is 3.22. The monoisotopic (exact) mass is 241 g/mol. The molecular weight excluding hydrogens is 210 g/mol. The second-order valence-corrected chi connectivity index (χ2v) is 5.98. The molecule has 0 spiro atoms. The van der Waals surface area contributed by atoms with Crippen LogP contribution >= 0.6 is 0 Å². The Kier molecular flexibility index (Phi) is 5.90. The summed E-state index contributed by atoms with van der Waals surface area (Å²) in [5.74, 6) is 0. The van der Waals surface area contributed by atoms with Crippen molar-refractivity contribution in [3.05, 3.63) is 0 Å². The van der Waals surface area contributed by atoms with Gasteiger partial charge in [0, 0.05) is 18.1 Å². The molecule has 1 aliphatic carbocycles. The van der Waals surface area contributed by atoms with Crippen LogP contribution in [-0.2, 0) is 0 Å². The third-order valence-corrected chi connectivity index (χ3v) is 4.58. The normalized spacial score (nSPS) is 20.6. The van der Waals surface area contributed by atoms with E-state index in [0.717, 1.165) is 6.54 Å². The van der Waals surface area contributed by atoms with Crippen molar-refractivity contribution in [2.75, 3.05) is 41.3 Å². The van der Waals surface area contributed by atoms with Gasteiger partial charge in [-0.3, -0.25) is 0 Å². The molecule has 1 atom stereocenters. The lowest BCUT2D eigenvalue weighted by Crippen LogP contribution is -2.57. The number of nitrogens with one attached hydrogen (secondary N) is 1. The number of likely N-dealkylation sites (N-methyl/N-ethyl adjacent to an activating group) is 2. The van der Waals surface area contributed by atoms with Crippen LogP contribution in [0.15, 0.2) is 0 Å². The van der Waals surface area contributed by atoms with Gasteiger partial charge in [0.25, 0.3) is 0 Å². The lowest BCUT2D eigenvalue weighted by atomic mass is 9.75. The standard InChI is InChI=1S/C14H31N3/c1-13(8-6-11-15-2)17(5)12-14(16(3)4)9-7-10-14/h13,15H,6-12H2,1-5H3. The number of rotatable bonds is 8. The summed E-state index contributed by atoms with van der Waals surface area (Å²) in [6, 6.07) is 0.695. The predicted molar refractivity (Wildman–Crippen MR) is 75.5 cm³/mol. The Morgan fingerprint density at radius 2 is 1.88 bits per heavy atom. The van der Waals surface area contributed by atoms with Crippen LogP contribution in [0.4, 0.5) is 0 Å². The fraction of sp³-hybridized carbons (Fsp3) is 1.00. The molecule has 1 unspecified atom stereocenters. The predicted octanol–water partition coefficient (Wildman–Crippen LogP) is 1.79. The first-order chi connectivity index (χ1) is 8.02. The molecular formula is C14H31N3. The van der Waals surface area contributed by atoms with Gasteiger partial charge >= 0.3 is 0 Å². The Balaban J connectivity index is 2.34. The van der Waals surface area contributed by atoms with Gasteiger partial charge in [0.2, 0.25) is 0 Å². The zero-order chi connectivity index (χ0) is 12.9. The van der Waals surface area contributed by atoms with Gasteiger partial charge in [-0.2, -0.15) is 0 Å². The molecule has 3 nitrogen and oxygen atoms in total. The molecule has 0 radical (unpaired) electrons. The van der Waals surface area contributed by atoms with Crippen LogP contribution in [0.1, 0.15) is 39.0 Å².